The Balaban J connectivity index is 1.28. The number of nitrogens with one attached hydrogen (secondary N) is 1. The van der Waals surface area contributed by atoms with Crippen molar-refractivity contribution in [3.63, 3.8) is 0 Å². The maximum atomic E-state index is 12.7. The number of rotatable bonds is 4. The second-order valence-electron chi connectivity index (χ2n) is 7.15. The molecule has 4 aromatic rings. The number of hydrogen-bond acceptors (Lipinski definition) is 5. The van der Waals surface area contributed by atoms with E-state index in [2.05, 4.69) is 10.3 Å². The van der Waals surface area contributed by atoms with Gasteiger partial charge in [0.05, 0.1) is 19.3 Å². The molecule has 0 bridgehead atoms. The highest BCUT2D eigenvalue weighted by molar-refractivity contribution is 7.17. The van der Waals surface area contributed by atoms with Gasteiger partial charge in [-0.2, -0.15) is 4.98 Å². The normalized spacial score (nSPS) is 13.3. The van der Waals surface area contributed by atoms with Crippen LogP contribution in [0.2, 0.25) is 0 Å². The van der Waals surface area contributed by atoms with E-state index in [0.29, 0.717) is 19.6 Å². The number of ether oxygens (including phenoxy) is 1. The molecule has 0 aliphatic carbocycles. The van der Waals surface area contributed by atoms with Crippen LogP contribution in [0.15, 0.2) is 54.6 Å². The van der Waals surface area contributed by atoms with Crippen LogP contribution in [0.4, 0.5) is 4.79 Å². The van der Waals surface area contributed by atoms with Gasteiger partial charge in [-0.25, -0.2) is 9.31 Å². The summed E-state index contributed by atoms with van der Waals surface area (Å²) < 4.78 is 7.18. The lowest BCUT2D eigenvalue weighted by molar-refractivity contribution is 0.192. The van der Waals surface area contributed by atoms with Crippen LogP contribution in [0.5, 0.6) is 5.75 Å². The third-order valence-corrected chi connectivity index (χ3v) is 6.28. The summed E-state index contributed by atoms with van der Waals surface area (Å²) in [6, 6.07) is 17.6. The number of urea groups is 1. The summed E-state index contributed by atoms with van der Waals surface area (Å²) in [5, 5.41) is 7.71. The van der Waals surface area contributed by atoms with Crippen LogP contribution in [0, 0.1) is 0 Å². The SMILES string of the molecule is COc1cccc(CNC(=O)N2CCc3c(sc4nc(-c5ccccc5)nn34)C2)c1. The van der Waals surface area contributed by atoms with Gasteiger partial charge in [-0.05, 0) is 17.7 Å². The fourth-order valence-corrected chi connectivity index (χ4v) is 4.76. The third kappa shape index (κ3) is 3.50. The molecule has 0 spiro atoms. The van der Waals surface area contributed by atoms with Crippen molar-refractivity contribution in [2.75, 3.05) is 13.7 Å². The molecule has 2 aromatic heterocycles. The van der Waals surface area contributed by atoms with Crippen molar-refractivity contribution in [3.8, 4) is 17.1 Å². The van der Waals surface area contributed by atoms with Gasteiger partial charge in [0.25, 0.3) is 0 Å². The Morgan fingerprint density at radius 3 is 2.90 bits per heavy atom. The van der Waals surface area contributed by atoms with Gasteiger partial charge in [0.1, 0.15) is 5.75 Å². The van der Waals surface area contributed by atoms with Crippen molar-refractivity contribution in [2.45, 2.75) is 19.5 Å². The molecule has 8 heteroatoms. The fraction of sp³-hybridized carbons (Fsp3) is 0.227. The van der Waals surface area contributed by atoms with Crippen LogP contribution >= 0.6 is 11.3 Å². The molecule has 152 valence electrons. The van der Waals surface area contributed by atoms with Crippen molar-refractivity contribution >= 4 is 22.3 Å². The van der Waals surface area contributed by atoms with Crippen molar-refractivity contribution in [3.05, 3.63) is 70.7 Å². The molecule has 1 aliphatic heterocycles. The number of methoxy groups -OCH3 is 1. The quantitative estimate of drug-likeness (QED) is 0.547. The Morgan fingerprint density at radius 2 is 2.07 bits per heavy atom. The summed E-state index contributed by atoms with van der Waals surface area (Å²) >= 11 is 1.61. The summed E-state index contributed by atoms with van der Waals surface area (Å²) in [6.07, 6.45) is 0.763. The molecular weight excluding hydrogens is 398 g/mol. The number of hydrogen-bond donors (Lipinski definition) is 1. The molecule has 2 aromatic carbocycles. The Kier molecular flexibility index (Phi) is 4.84. The second-order valence-corrected chi connectivity index (χ2v) is 8.21. The maximum Gasteiger partial charge on any atom is 0.318 e. The average molecular weight is 420 g/mol. The molecule has 0 saturated heterocycles. The van der Waals surface area contributed by atoms with Crippen LogP contribution in [0.1, 0.15) is 16.1 Å². The predicted molar refractivity (Wildman–Crippen MR) is 116 cm³/mol. The van der Waals surface area contributed by atoms with Crippen LogP contribution in [0.25, 0.3) is 16.3 Å². The number of aromatic nitrogens is 3. The van der Waals surface area contributed by atoms with Crippen molar-refractivity contribution in [1.29, 1.82) is 0 Å². The molecule has 0 atom stereocenters. The maximum absolute atomic E-state index is 12.7. The van der Waals surface area contributed by atoms with Crippen LogP contribution in [-0.2, 0) is 19.5 Å². The van der Waals surface area contributed by atoms with Crippen molar-refractivity contribution in [2.24, 2.45) is 0 Å². The molecule has 1 aliphatic rings. The zero-order valence-electron chi connectivity index (χ0n) is 16.5. The van der Waals surface area contributed by atoms with E-state index < -0.39 is 0 Å². The fourth-order valence-electron chi connectivity index (χ4n) is 3.64. The highest BCUT2D eigenvalue weighted by atomic mass is 32.1. The van der Waals surface area contributed by atoms with Gasteiger partial charge in [-0.15, -0.1) is 5.10 Å². The molecule has 2 amide bonds. The van der Waals surface area contributed by atoms with Gasteiger partial charge in [0.15, 0.2) is 5.82 Å². The van der Waals surface area contributed by atoms with Gasteiger partial charge in [0, 0.05) is 30.0 Å². The lowest BCUT2D eigenvalue weighted by Crippen LogP contribution is -2.42. The first-order valence-electron chi connectivity index (χ1n) is 9.80. The lowest BCUT2D eigenvalue weighted by atomic mass is 10.2. The van der Waals surface area contributed by atoms with E-state index in [1.807, 2.05) is 64.0 Å². The molecule has 7 nitrogen and oxygen atoms in total. The van der Waals surface area contributed by atoms with E-state index in [1.165, 1.54) is 0 Å². The molecule has 3 heterocycles. The Hall–Kier alpha value is -3.39. The highest BCUT2D eigenvalue weighted by Crippen LogP contribution is 2.29. The Morgan fingerprint density at radius 1 is 1.20 bits per heavy atom. The monoisotopic (exact) mass is 419 g/mol. The number of carbonyl (C=O) groups is 1. The zero-order valence-corrected chi connectivity index (χ0v) is 17.4. The summed E-state index contributed by atoms with van der Waals surface area (Å²) in [5.74, 6) is 1.52. The summed E-state index contributed by atoms with van der Waals surface area (Å²) in [4.78, 5) is 21.2. The number of carbonyl (C=O) groups excluding carboxylic acids is 1. The van der Waals surface area contributed by atoms with Gasteiger partial charge in [0.2, 0.25) is 4.96 Å². The first-order valence-corrected chi connectivity index (χ1v) is 10.6. The standard InChI is InChI=1S/C22H21N5O2S/c1-29-17-9-5-6-15(12-17)13-23-21(28)26-11-10-18-19(14-26)30-22-24-20(25-27(18)22)16-7-3-2-4-8-16/h2-9,12H,10-11,13-14H2,1H3,(H,23,28). The molecular formula is C22H21N5O2S. The first-order chi connectivity index (χ1) is 14.7. The number of fused-ring (bicyclic) bond motifs is 3. The number of thiazole rings is 1. The molecule has 5 rings (SSSR count). The molecule has 0 unspecified atom stereocenters. The lowest BCUT2D eigenvalue weighted by Gasteiger charge is -2.26. The van der Waals surface area contributed by atoms with Gasteiger partial charge in [-0.1, -0.05) is 53.8 Å². The van der Waals surface area contributed by atoms with Crippen LogP contribution < -0.4 is 10.1 Å². The van der Waals surface area contributed by atoms with Crippen molar-refractivity contribution in [1.82, 2.24) is 24.8 Å². The van der Waals surface area contributed by atoms with E-state index >= 15 is 0 Å². The highest BCUT2D eigenvalue weighted by Gasteiger charge is 2.26. The molecule has 0 saturated carbocycles. The predicted octanol–water partition coefficient (Wildman–Crippen LogP) is 3.73. The average Bonchev–Trinajstić information content (AvgIpc) is 3.36. The zero-order chi connectivity index (χ0) is 20.5. The minimum absolute atomic E-state index is 0.0626. The number of benzene rings is 2. The van der Waals surface area contributed by atoms with Gasteiger partial charge < -0.3 is 15.0 Å². The largest absolute Gasteiger partial charge is 0.497 e. The molecule has 0 radical (unpaired) electrons. The third-order valence-electron chi connectivity index (χ3n) is 5.22. The van der Waals surface area contributed by atoms with E-state index in [9.17, 15) is 4.79 Å². The minimum atomic E-state index is -0.0626. The molecule has 0 fully saturated rings. The smallest absolute Gasteiger partial charge is 0.318 e. The number of nitrogens with zero attached hydrogens (tertiary/aromatic N) is 4. The van der Waals surface area contributed by atoms with E-state index in [4.69, 9.17) is 9.84 Å². The Bertz CT molecular complexity index is 1200. The van der Waals surface area contributed by atoms with Crippen molar-refractivity contribution < 1.29 is 9.53 Å². The van der Waals surface area contributed by atoms with Crippen LogP contribution in [0.3, 0.4) is 0 Å². The summed E-state index contributed by atoms with van der Waals surface area (Å²) in [5.41, 5.74) is 3.17. The van der Waals surface area contributed by atoms with E-state index in [0.717, 1.165) is 44.7 Å². The van der Waals surface area contributed by atoms with Gasteiger partial charge >= 0.3 is 6.03 Å². The molecule has 1 N–H and O–H groups in total. The second kappa shape index (κ2) is 7.79. The topological polar surface area (TPSA) is 71.8 Å². The first kappa shape index (κ1) is 18.6. The number of amides is 2. The van der Waals surface area contributed by atoms with E-state index in [1.54, 1.807) is 18.4 Å². The summed E-state index contributed by atoms with van der Waals surface area (Å²) in [6.45, 7) is 1.70. The molecule has 30 heavy (non-hydrogen) atoms. The van der Waals surface area contributed by atoms with Crippen LogP contribution in [-0.4, -0.2) is 39.2 Å². The van der Waals surface area contributed by atoms with Gasteiger partial charge in [-0.3, -0.25) is 0 Å². The Labute approximate surface area is 177 Å². The van der Waals surface area contributed by atoms with E-state index in [-0.39, 0.29) is 6.03 Å². The minimum Gasteiger partial charge on any atom is -0.497 e. The summed E-state index contributed by atoms with van der Waals surface area (Å²) in [7, 11) is 1.64.